The number of carbonyl (C=O) groups excluding carboxylic acids is 2. The highest BCUT2D eigenvalue weighted by atomic mass is 16.5. The summed E-state index contributed by atoms with van der Waals surface area (Å²) in [5.41, 5.74) is 2.35. The van der Waals surface area contributed by atoms with Crippen molar-refractivity contribution < 1.29 is 19.1 Å². The number of aromatic nitrogens is 2. The molecular formula is C21H27N3O4. The normalized spacial score (nSPS) is 16.8. The SMILES string of the molecule is CCCO[C@H]1CCCN(C(=O)c2cccc(-c3cnn(C)c3C(=O)OC)c2)C1. The van der Waals surface area contributed by atoms with Gasteiger partial charge in [-0.3, -0.25) is 9.48 Å². The Bertz CT molecular complexity index is 846. The number of likely N-dealkylation sites (tertiary alicyclic amines) is 1. The molecule has 1 aromatic heterocycles. The summed E-state index contributed by atoms with van der Waals surface area (Å²) in [6, 6.07) is 7.30. The van der Waals surface area contributed by atoms with E-state index in [4.69, 9.17) is 9.47 Å². The van der Waals surface area contributed by atoms with Crippen LogP contribution in [0.2, 0.25) is 0 Å². The summed E-state index contributed by atoms with van der Waals surface area (Å²) >= 11 is 0. The molecule has 0 N–H and O–H groups in total. The maximum atomic E-state index is 13.0. The molecule has 0 radical (unpaired) electrons. The van der Waals surface area contributed by atoms with Gasteiger partial charge in [0.05, 0.1) is 19.4 Å². The van der Waals surface area contributed by atoms with E-state index in [-0.39, 0.29) is 12.0 Å². The van der Waals surface area contributed by atoms with Gasteiger partial charge in [0, 0.05) is 37.9 Å². The van der Waals surface area contributed by atoms with Crippen LogP contribution >= 0.6 is 0 Å². The molecule has 1 atom stereocenters. The van der Waals surface area contributed by atoms with Crippen LogP contribution in [0, 0.1) is 0 Å². The third-order valence-corrected chi connectivity index (χ3v) is 4.96. The predicted molar refractivity (Wildman–Crippen MR) is 105 cm³/mol. The minimum Gasteiger partial charge on any atom is -0.464 e. The Balaban J connectivity index is 1.82. The van der Waals surface area contributed by atoms with Crippen LogP contribution in [0.25, 0.3) is 11.1 Å². The van der Waals surface area contributed by atoms with E-state index >= 15 is 0 Å². The highest BCUT2D eigenvalue weighted by Gasteiger charge is 2.25. The molecule has 0 spiro atoms. The number of esters is 1. The van der Waals surface area contributed by atoms with Crippen LogP contribution in [-0.2, 0) is 16.5 Å². The number of benzene rings is 1. The molecule has 0 unspecified atom stereocenters. The maximum Gasteiger partial charge on any atom is 0.356 e. The van der Waals surface area contributed by atoms with Gasteiger partial charge < -0.3 is 14.4 Å². The van der Waals surface area contributed by atoms with Crippen LogP contribution < -0.4 is 0 Å². The van der Waals surface area contributed by atoms with Gasteiger partial charge in [-0.2, -0.15) is 5.10 Å². The molecule has 3 rings (SSSR count). The molecule has 1 amide bonds. The molecule has 1 aliphatic rings. The second-order valence-corrected chi connectivity index (χ2v) is 6.99. The second kappa shape index (κ2) is 9.01. The van der Waals surface area contributed by atoms with E-state index in [1.54, 1.807) is 19.3 Å². The second-order valence-electron chi connectivity index (χ2n) is 6.99. The van der Waals surface area contributed by atoms with E-state index < -0.39 is 5.97 Å². The number of carbonyl (C=O) groups is 2. The minimum atomic E-state index is -0.460. The minimum absolute atomic E-state index is 0.0184. The van der Waals surface area contributed by atoms with Gasteiger partial charge in [-0.05, 0) is 37.0 Å². The van der Waals surface area contributed by atoms with E-state index in [9.17, 15) is 9.59 Å². The van der Waals surface area contributed by atoms with Gasteiger partial charge in [-0.15, -0.1) is 0 Å². The fraction of sp³-hybridized carbons (Fsp3) is 0.476. The van der Waals surface area contributed by atoms with Gasteiger partial charge in [-0.25, -0.2) is 4.79 Å². The Morgan fingerprint density at radius 3 is 2.89 bits per heavy atom. The average molecular weight is 385 g/mol. The van der Waals surface area contributed by atoms with Crippen LogP contribution in [0.1, 0.15) is 47.0 Å². The van der Waals surface area contributed by atoms with Crippen molar-refractivity contribution >= 4 is 11.9 Å². The van der Waals surface area contributed by atoms with Crippen LogP contribution in [0.5, 0.6) is 0 Å². The lowest BCUT2D eigenvalue weighted by molar-refractivity contribution is 0.00211. The average Bonchev–Trinajstić information content (AvgIpc) is 3.13. The van der Waals surface area contributed by atoms with Crippen molar-refractivity contribution in [2.24, 2.45) is 7.05 Å². The number of rotatable bonds is 6. The first kappa shape index (κ1) is 20.1. The van der Waals surface area contributed by atoms with Crippen LogP contribution in [0.3, 0.4) is 0 Å². The molecule has 1 aliphatic heterocycles. The number of ether oxygens (including phenoxy) is 2. The Morgan fingerprint density at radius 1 is 1.32 bits per heavy atom. The van der Waals surface area contributed by atoms with Gasteiger partial charge in [0.25, 0.3) is 5.91 Å². The first-order chi connectivity index (χ1) is 13.5. The van der Waals surface area contributed by atoms with Crippen molar-refractivity contribution in [3.8, 4) is 11.1 Å². The Hall–Kier alpha value is -2.67. The van der Waals surface area contributed by atoms with Crippen LogP contribution in [0.15, 0.2) is 30.5 Å². The highest BCUT2D eigenvalue weighted by Crippen LogP contribution is 2.26. The van der Waals surface area contributed by atoms with E-state index in [1.165, 1.54) is 11.8 Å². The predicted octanol–water partition coefficient (Wildman–Crippen LogP) is 2.90. The van der Waals surface area contributed by atoms with E-state index in [0.717, 1.165) is 38.0 Å². The lowest BCUT2D eigenvalue weighted by Crippen LogP contribution is -2.43. The highest BCUT2D eigenvalue weighted by molar-refractivity contribution is 5.98. The number of nitrogens with zero attached hydrogens (tertiary/aromatic N) is 3. The van der Waals surface area contributed by atoms with Crippen molar-refractivity contribution in [1.82, 2.24) is 14.7 Å². The number of hydrogen-bond donors (Lipinski definition) is 0. The van der Waals surface area contributed by atoms with E-state index in [0.29, 0.717) is 23.4 Å². The summed E-state index contributed by atoms with van der Waals surface area (Å²) < 4.78 is 12.2. The van der Waals surface area contributed by atoms with Crippen molar-refractivity contribution in [2.45, 2.75) is 32.3 Å². The quantitative estimate of drug-likeness (QED) is 0.715. The third-order valence-electron chi connectivity index (χ3n) is 4.96. The van der Waals surface area contributed by atoms with Crippen molar-refractivity contribution in [3.63, 3.8) is 0 Å². The summed E-state index contributed by atoms with van der Waals surface area (Å²) in [5, 5.41) is 4.17. The summed E-state index contributed by atoms with van der Waals surface area (Å²) in [6.45, 7) is 4.15. The number of hydrogen-bond acceptors (Lipinski definition) is 5. The molecule has 7 heteroatoms. The lowest BCUT2D eigenvalue weighted by atomic mass is 10.0. The fourth-order valence-electron chi connectivity index (χ4n) is 3.53. The van der Waals surface area contributed by atoms with Crippen molar-refractivity contribution in [1.29, 1.82) is 0 Å². The zero-order chi connectivity index (χ0) is 20.1. The Labute approximate surface area is 165 Å². The van der Waals surface area contributed by atoms with Crippen molar-refractivity contribution in [2.75, 3.05) is 26.8 Å². The molecule has 1 aromatic carbocycles. The van der Waals surface area contributed by atoms with Gasteiger partial charge in [0.2, 0.25) is 0 Å². The molecule has 0 bridgehead atoms. The molecule has 2 heterocycles. The topological polar surface area (TPSA) is 73.7 Å². The largest absolute Gasteiger partial charge is 0.464 e. The first-order valence-corrected chi connectivity index (χ1v) is 9.66. The molecule has 1 saturated heterocycles. The molecular weight excluding hydrogens is 358 g/mol. The first-order valence-electron chi connectivity index (χ1n) is 9.66. The summed E-state index contributed by atoms with van der Waals surface area (Å²) in [6.07, 6.45) is 4.62. The standard InChI is InChI=1S/C21H27N3O4/c1-4-11-28-17-9-6-10-24(14-17)20(25)16-8-5-7-15(12-16)18-13-22-23(2)19(18)21(26)27-3/h5,7-8,12-13,17H,4,6,9-11,14H2,1-3H3/t17-/m0/s1. The zero-order valence-electron chi connectivity index (χ0n) is 16.7. The maximum absolute atomic E-state index is 13.0. The van der Waals surface area contributed by atoms with E-state index in [1.807, 2.05) is 23.1 Å². The molecule has 0 saturated carbocycles. The van der Waals surface area contributed by atoms with Gasteiger partial charge >= 0.3 is 5.97 Å². The number of piperidine rings is 1. The molecule has 1 fully saturated rings. The third kappa shape index (κ3) is 4.25. The van der Waals surface area contributed by atoms with E-state index in [2.05, 4.69) is 12.0 Å². The molecule has 28 heavy (non-hydrogen) atoms. The Morgan fingerprint density at radius 2 is 2.14 bits per heavy atom. The van der Waals surface area contributed by atoms with Gasteiger partial charge in [0.15, 0.2) is 5.69 Å². The number of methoxy groups -OCH3 is 1. The monoisotopic (exact) mass is 385 g/mol. The molecule has 150 valence electrons. The summed E-state index contributed by atoms with van der Waals surface area (Å²) in [4.78, 5) is 27.0. The number of amides is 1. The smallest absolute Gasteiger partial charge is 0.356 e. The summed E-state index contributed by atoms with van der Waals surface area (Å²) in [7, 11) is 3.03. The number of aryl methyl sites for hydroxylation is 1. The van der Waals surface area contributed by atoms with Gasteiger partial charge in [0.1, 0.15) is 0 Å². The molecule has 7 nitrogen and oxygen atoms in total. The van der Waals surface area contributed by atoms with Crippen LogP contribution in [-0.4, -0.2) is 59.5 Å². The molecule has 2 aromatic rings. The Kier molecular flexibility index (Phi) is 6.46. The van der Waals surface area contributed by atoms with Crippen molar-refractivity contribution in [3.05, 3.63) is 41.7 Å². The zero-order valence-corrected chi connectivity index (χ0v) is 16.7. The van der Waals surface area contributed by atoms with Crippen LogP contribution in [0.4, 0.5) is 0 Å². The van der Waals surface area contributed by atoms with Gasteiger partial charge in [-0.1, -0.05) is 19.1 Å². The lowest BCUT2D eigenvalue weighted by Gasteiger charge is -2.32. The summed E-state index contributed by atoms with van der Waals surface area (Å²) in [5.74, 6) is -0.478. The molecule has 0 aliphatic carbocycles. The fourth-order valence-corrected chi connectivity index (χ4v) is 3.53.